The number of rotatable bonds is 8. The molecular formula is C36H28NP2-. The summed E-state index contributed by atoms with van der Waals surface area (Å²) >= 11 is 0. The predicted molar refractivity (Wildman–Crippen MR) is 173 cm³/mol. The highest BCUT2D eigenvalue weighted by Gasteiger charge is 2.19. The molecule has 0 bridgehead atoms. The second kappa shape index (κ2) is 12.2. The molecule has 0 aliphatic carbocycles. The highest BCUT2D eigenvalue weighted by Crippen LogP contribution is 2.43. The van der Waals surface area contributed by atoms with Crippen LogP contribution < -0.4 is 31.8 Å². The van der Waals surface area contributed by atoms with Crippen molar-refractivity contribution in [3.8, 4) is 0 Å². The third-order valence-electron chi connectivity index (χ3n) is 6.54. The normalized spacial score (nSPS) is 11.0. The molecule has 0 amide bonds. The zero-order chi connectivity index (χ0) is 26.3. The Bertz CT molecular complexity index is 1420. The van der Waals surface area contributed by atoms with Gasteiger partial charge in [0.15, 0.2) is 0 Å². The Hall–Kier alpha value is -4.02. The average Bonchev–Trinajstić information content (AvgIpc) is 3.01. The van der Waals surface area contributed by atoms with Crippen molar-refractivity contribution in [1.82, 2.24) is 0 Å². The number of hydrogen-bond donors (Lipinski definition) is 0. The summed E-state index contributed by atoms with van der Waals surface area (Å²) in [6.07, 6.45) is 0. The highest BCUT2D eigenvalue weighted by molar-refractivity contribution is 7.80. The molecule has 0 saturated heterocycles. The molecule has 0 spiro atoms. The van der Waals surface area contributed by atoms with Crippen molar-refractivity contribution in [3.05, 3.63) is 175 Å². The lowest BCUT2D eigenvalue weighted by Crippen LogP contribution is -2.22. The molecule has 188 valence electrons. The fourth-order valence-electron chi connectivity index (χ4n) is 4.79. The van der Waals surface area contributed by atoms with Crippen LogP contribution in [0.25, 0.3) is 5.32 Å². The Kier molecular flexibility index (Phi) is 7.92. The van der Waals surface area contributed by atoms with Gasteiger partial charge in [-0.15, -0.1) is 11.4 Å². The molecule has 0 radical (unpaired) electrons. The molecule has 0 N–H and O–H groups in total. The number of para-hydroxylation sites is 2. The summed E-state index contributed by atoms with van der Waals surface area (Å²) in [7, 11) is -1.53. The summed E-state index contributed by atoms with van der Waals surface area (Å²) in [5, 5.41) is 13.2. The van der Waals surface area contributed by atoms with Crippen LogP contribution in [-0.2, 0) is 0 Å². The van der Waals surface area contributed by atoms with Gasteiger partial charge in [0, 0.05) is 0 Å². The maximum Gasteiger partial charge on any atom is -0.0147 e. The SMILES string of the molecule is c1ccc(P(c2ccccc2)c2ccccc2[N-]c2ccccc2P(c2ccccc2)c2ccccc2)cc1. The Morgan fingerprint density at radius 2 is 0.538 bits per heavy atom. The zero-order valence-electron chi connectivity index (χ0n) is 21.5. The second-order valence-corrected chi connectivity index (χ2v) is 13.5. The lowest BCUT2D eigenvalue weighted by molar-refractivity contribution is 1.67. The van der Waals surface area contributed by atoms with Crippen LogP contribution in [0.5, 0.6) is 0 Å². The molecule has 6 aromatic rings. The highest BCUT2D eigenvalue weighted by atomic mass is 31.1. The van der Waals surface area contributed by atoms with Crippen LogP contribution in [0, 0.1) is 0 Å². The van der Waals surface area contributed by atoms with Crippen molar-refractivity contribution >= 4 is 59.0 Å². The van der Waals surface area contributed by atoms with Crippen molar-refractivity contribution in [3.63, 3.8) is 0 Å². The minimum absolute atomic E-state index is 0.764. The van der Waals surface area contributed by atoms with Gasteiger partial charge in [-0.1, -0.05) is 170 Å². The van der Waals surface area contributed by atoms with Crippen LogP contribution in [-0.4, -0.2) is 0 Å². The van der Waals surface area contributed by atoms with Crippen molar-refractivity contribution < 1.29 is 0 Å². The molecule has 3 heteroatoms. The summed E-state index contributed by atoms with van der Waals surface area (Å²) in [4.78, 5) is 0. The van der Waals surface area contributed by atoms with E-state index in [2.05, 4.69) is 170 Å². The van der Waals surface area contributed by atoms with E-state index in [-0.39, 0.29) is 0 Å². The summed E-state index contributed by atoms with van der Waals surface area (Å²) < 4.78 is 0. The van der Waals surface area contributed by atoms with E-state index >= 15 is 0 Å². The maximum absolute atomic E-state index is 5.42. The lowest BCUT2D eigenvalue weighted by Gasteiger charge is -2.34. The molecule has 0 atom stereocenters. The van der Waals surface area contributed by atoms with E-state index in [1.54, 1.807) is 0 Å². The smallest absolute Gasteiger partial charge is 0.0147 e. The first-order chi connectivity index (χ1) is 19.4. The molecule has 0 aliphatic rings. The lowest BCUT2D eigenvalue weighted by atomic mass is 10.2. The van der Waals surface area contributed by atoms with Crippen molar-refractivity contribution in [1.29, 1.82) is 0 Å². The van der Waals surface area contributed by atoms with Crippen LogP contribution >= 0.6 is 15.8 Å². The van der Waals surface area contributed by atoms with Gasteiger partial charge in [-0.2, -0.15) is 0 Å². The quantitative estimate of drug-likeness (QED) is 0.179. The molecule has 6 rings (SSSR count). The molecule has 0 aromatic heterocycles. The van der Waals surface area contributed by atoms with Crippen molar-refractivity contribution in [2.75, 3.05) is 0 Å². The Labute approximate surface area is 233 Å². The molecular weight excluding hydrogens is 508 g/mol. The molecule has 0 fully saturated rings. The van der Waals surface area contributed by atoms with Gasteiger partial charge in [0.25, 0.3) is 0 Å². The molecule has 0 unspecified atom stereocenters. The molecule has 0 aliphatic heterocycles. The van der Waals surface area contributed by atoms with E-state index in [1.807, 2.05) is 0 Å². The Morgan fingerprint density at radius 3 is 0.846 bits per heavy atom. The van der Waals surface area contributed by atoms with Gasteiger partial charge in [-0.3, -0.25) is 0 Å². The topological polar surface area (TPSA) is 14.1 Å². The van der Waals surface area contributed by atoms with E-state index < -0.39 is 15.8 Å². The van der Waals surface area contributed by atoms with Gasteiger partial charge in [0.2, 0.25) is 0 Å². The standard InChI is InChI=1S/C36H28NP2/c1-5-17-29(18-6-1)38(30-19-7-2-8-20-30)35-27-15-13-25-33(35)37-34-26-14-16-28-36(34)39(31-21-9-3-10-22-31)32-23-11-4-12-24-32/h1-28H/q-1. The summed E-state index contributed by atoms with van der Waals surface area (Å²) in [5.41, 5.74) is 2.06. The summed E-state index contributed by atoms with van der Waals surface area (Å²) in [5.74, 6) is 0. The third-order valence-corrected chi connectivity index (χ3v) is 11.5. The minimum atomic E-state index is -0.764. The first-order valence-corrected chi connectivity index (χ1v) is 15.8. The van der Waals surface area contributed by atoms with E-state index in [9.17, 15) is 0 Å². The molecule has 6 aromatic carbocycles. The van der Waals surface area contributed by atoms with E-state index in [1.165, 1.54) is 31.8 Å². The Balaban J connectivity index is 1.46. The monoisotopic (exact) mass is 536 g/mol. The maximum atomic E-state index is 5.42. The number of nitrogens with zero attached hydrogens (tertiary/aromatic N) is 1. The first-order valence-electron chi connectivity index (χ1n) is 13.1. The fourth-order valence-corrected chi connectivity index (χ4v) is 9.56. The Morgan fingerprint density at radius 1 is 0.282 bits per heavy atom. The third kappa shape index (κ3) is 5.71. The van der Waals surface area contributed by atoms with Crippen LogP contribution in [0.15, 0.2) is 170 Å². The fraction of sp³-hybridized carbons (Fsp3) is 0. The van der Waals surface area contributed by atoms with Crippen LogP contribution in [0.3, 0.4) is 0 Å². The van der Waals surface area contributed by atoms with Crippen LogP contribution in [0.1, 0.15) is 0 Å². The van der Waals surface area contributed by atoms with E-state index in [0.717, 1.165) is 11.4 Å². The predicted octanol–water partition coefficient (Wildman–Crippen LogP) is 7.54. The first kappa shape index (κ1) is 25.3. The van der Waals surface area contributed by atoms with Crippen LogP contribution in [0.4, 0.5) is 11.4 Å². The zero-order valence-corrected chi connectivity index (χ0v) is 23.3. The number of hydrogen-bond acceptors (Lipinski definition) is 0. The van der Waals surface area contributed by atoms with Crippen molar-refractivity contribution in [2.24, 2.45) is 0 Å². The van der Waals surface area contributed by atoms with Gasteiger partial charge in [-0.05, 0) is 47.7 Å². The molecule has 39 heavy (non-hydrogen) atoms. The van der Waals surface area contributed by atoms with Gasteiger partial charge < -0.3 is 5.32 Å². The molecule has 0 heterocycles. The van der Waals surface area contributed by atoms with Gasteiger partial charge in [-0.25, -0.2) is 0 Å². The van der Waals surface area contributed by atoms with Gasteiger partial charge >= 0.3 is 0 Å². The minimum Gasteiger partial charge on any atom is -0.657 e. The summed E-state index contributed by atoms with van der Waals surface area (Å²) in [6, 6.07) is 60.7. The molecule has 1 nitrogen and oxygen atoms in total. The summed E-state index contributed by atoms with van der Waals surface area (Å²) in [6.45, 7) is 0. The number of benzene rings is 6. The van der Waals surface area contributed by atoms with Crippen molar-refractivity contribution in [2.45, 2.75) is 0 Å². The van der Waals surface area contributed by atoms with Crippen LogP contribution in [0.2, 0.25) is 0 Å². The average molecular weight is 537 g/mol. The molecule has 0 saturated carbocycles. The largest absolute Gasteiger partial charge is 0.657 e. The van der Waals surface area contributed by atoms with Gasteiger partial charge in [0.05, 0.1) is 0 Å². The van der Waals surface area contributed by atoms with E-state index in [4.69, 9.17) is 5.32 Å². The second-order valence-electron chi connectivity index (χ2n) is 9.10. The van der Waals surface area contributed by atoms with Gasteiger partial charge in [0.1, 0.15) is 0 Å². The van der Waals surface area contributed by atoms with E-state index in [0.29, 0.717) is 0 Å².